The van der Waals surface area contributed by atoms with Crippen molar-refractivity contribution < 1.29 is 30.4 Å². The van der Waals surface area contributed by atoms with E-state index < -0.39 is 0 Å². The number of benzene rings is 7. The van der Waals surface area contributed by atoms with Crippen molar-refractivity contribution in [2.24, 2.45) is 0 Å². The maximum Gasteiger partial charge on any atom is 0.267 e. The first kappa shape index (κ1) is 50.1. The van der Waals surface area contributed by atoms with Crippen LogP contribution in [0.25, 0.3) is 50.1 Å². The molecule has 0 unspecified atom stereocenters. The van der Waals surface area contributed by atoms with Crippen molar-refractivity contribution in [3.8, 4) is 39.8 Å². The van der Waals surface area contributed by atoms with Gasteiger partial charge in [-0.2, -0.15) is 12.1 Å². The van der Waals surface area contributed by atoms with Gasteiger partial charge in [-0.15, -0.1) is 35.2 Å². The molecule has 0 bridgehead atoms. The van der Waals surface area contributed by atoms with E-state index in [-0.39, 0.29) is 37.3 Å². The van der Waals surface area contributed by atoms with E-state index in [0.717, 1.165) is 44.6 Å². The second-order valence-electron chi connectivity index (χ2n) is 21.8. The van der Waals surface area contributed by atoms with E-state index in [1.807, 2.05) is 16.8 Å². The third-order valence-corrected chi connectivity index (χ3v) is 14.6. The van der Waals surface area contributed by atoms with Crippen LogP contribution in [0.2, 0.25) is 0 Å². The molecule has 10 aromatic rings. The zero-order valence-electron chi connectivity index (χ0n) is 43.4. The summed E-state index contributed by atoms with van der Waals surface area (Å²) in [5, 5.41) is 2.20. The third-order valence-electron chi connectivity index (χ3n) is 14.6. The summed E-state index contributed by atoms with van der Waals surface area (Å²) in [7, 11) is 0. The predicted octanol–water partition coefficient (Wildman–Crippen LogP) is 16.3. The largest absolute Gasteiger partial charge is 0.510 e. The fourth-order valence-corrected chi connectivity index (χ4v) is 10.1. The zero-order valence-corrected chi connectivity index (χ0v) is 45.7. The first-order chi connectivity index (χ1) is 34.0. The number of hydrogen-bond acceptors (Lipinski definition) is 2. The van der Waals surface area contributed by atoms with Crippen LogP contribution in [0.15, 0.2) is 176 Å². The van der Waals surface area contributed by atoms with E-state index in [2.05, 4.69) is 268 Å². The zero-order chi connectivity index (χ0) is 49.8. The van der Waals surface area contributed by atoms with Crippen molar-refractivity contribution in [2.75, 3.05) is 0 Å². The molecule has 3 heterocycles. The number of ether oxygens (including phenoxy) is 1. The Morgan fingerprint density at radius 1 is 0.556 bits per heavy atom. The normalized spacial score (nSPS) is 12.2. The van der Waals surface area contributed by atoms with Crippen LogP contribution in [0.4, 0.5) is 0 Å². The molecule has 5 nitrogen and oxygen atoms in total. The number of fused-ring (bicyclic) bond motifs is 3. The topological polar surface area (TPSA) is 35.9 Å². The molecule has 0 saturated heterocycles. The van der Waals surface area contributed by atoms with Crippen LogP contribution >= 0.6 is 0 Å². The first-order valence-electron chi connectivity index (χ1n) is 25.1. The number of pyridine rings is 1. The molecular formula is C66H64N4OPt-2. The molecule has 72 heavy (non-hydrogen) atoms. The molecule has 10 rings (SSSR count). The minimum atomic E-state index is -0.243. The van der Waals surface area contributed by atoms with Gasteiger partial charge in [-0.25, -0.2) is 4.98 Å². The number of rotatable bonds is 12. The summed E-state index contributed by atoms with van der Waals surface area (Å²) < 4.78 is 13.4. The van der Waals surface area contributed by atoms with E-state index in [1.54, 1.807) is 0 Å². The molecule has 0 fully saturated rings. The van der Waals surface area contributed by atoms with Gasteiger partial charge in [0.25, 0.3) is 6.33 Å². The maximum atomic E-state index is 7.00. The van der Waals surface area contributed by atoms with Crippen LogP contribution in [0, 0.1) is 18.5 Å². The molecule has 0 aliphatic carbocycles. The molecular weight excluding hydrogens is 1060 g/mol. The van der Waals surface area contributed by atoms with Crippen molar-refractivity contribution in [2.45, 2.75) is 104 Å². The van der Waals surface area contributed by atoms with E-state index >= 15 is 0 Å². The Bertz CT molecular complexity index is 3530. The molecule has 0 aliphatic heterocycles. The van der Waals surface area contributed by atoms with E-state index in [4.69, 9.17) is 9.72 Å². The smallest absolute Gasteiger partial charge is 0.267 e. The Kier molecular flexibility index (Phi) is 13.7. The third kappa shape index (κ3) is 9.52. The average molecular weight is 1120 g/mol. The summed E-state index contributed by atoms with van der Waals surface area (Å²) in [6, 6.07) is 64.0. The van der Waals surface area contributed by atoms with Crippen LogP contribution in [0.1, 0.15) is 127 Å². The molecule has 6 heteroatoms. The van der Waals surface area contributed by atoms with Gasteiger partial charge in [-0.05, 0) is 103 Å². The van der Waals surface area contributed by atoms with Gasteiger partial charge in [0, 0.05) is 67.5 Å². The molecule has 0 spiro atoms. The van der Waals surface area contributed by atoms with Gasteiger partial charge >= 0.3 is 0 Å². The van der Waals surface area contributed by atoms with E-state index in [0.29, 0.717) is 23.3 Å². The number of hydrogen-bond donors (Lipinski definition) is 0. The van der Waals surface area contributed by atoms with E-state index in [1.165, 1.54) is 44.5 Å². The van der Waals surface area contributed by atoms with Gasteiger partial charge < -0.3 is 13.9 Å². The molecule has 0 amide bonds. The van der Waals surface area contributed by atoms with Crippen LogP contribution in [0.5, 0.6) is 11.5 Å². The molecule has 0 radical (unpaired) electrons. The minimum absolute atomic E-state index is 0. The van der Waals surface area contributed by atoms with Gasteiger partial charge in [-0.3, -0.25) is 4.57 Å². The van der Waals surface area contributed by atoms with Crippen LogP contribution < -0.4 is 9.30 Å². The van der Waals surface area contributed by atoms with E-state index in [9.17, 15) is 0 Å². The maximum absolute atomic E-state index is 7.00. The van der Waals surface area contributed by atoms with Gasteiger partial charge in [0.1, 0.15) is 5.82 Å². The van der Waals surface area contributed by atoms with Crippen molar-refractivity contribution in [3.05, 3.63) is 234 Å². The first-order valence-corrected chi connectivity index (χ1v) is 25.1. The molecule has 0 aliphatic rings. The Labute approximate surface area is 441 Å². The SMILES string of the molecule is CC(C)c1cccc(C(C)C)c1-c1cc(Oc2[c-]c3c(cc2)c2ccccc2n3-c2cc(C(C)(C)c3ccccc3)ccn2)[c-]c(-n2[c-][n+](-c3cc(C(C)(C)C)cc(C(C)(C)c4ccccc4)c3)cc2)c1.[Pt]. The molecule has 7 aromatic carbocycles. The molecule has 0 N–H and O–H groups in total. The Morgan fingerprint density at radius 2 is 1.18 bits per heavy atom. The summed E-state index contributed by atoms with van der Waals surface area (Å²) in [5.74, 6) is 2.60. The summed E-state index contributed by atoms with van der Waals surface area (Å²) in [6.45, 7) is 25.1. The molecule has 366 valence electrons. The summed E-state index contributed by atoms with van der Waals surface area (Å²) in [4.78, 5) is 5.00. The van der Waals surface area contributed by atoms with Gasteiger partial charge in [0.05, 0.1) is 5.69 Å². The van der Waals surface area contributed by atoms with Gasteiger partial charge in [0.2, 0.25) is 0 Å². The number of aromatic nitrogens is 4. The van der Waals surface area contributed by atoms with Crippen molar-refractivity contribution in [3.63, 3.8) is 0 Å². The van der Waals surface area contributed by atoms with Crippen LogP contribution in [0.3, 0.4) is 0 Å². The number of imidazole rings is 1. The monoisotopic (exact) mass is 1120 g/mol. The minimum Gasteiger partial charge on any atom is -0.510 e. The molecule has 0 atom stereocenters. The predicted molar refractivity (Wildman–Crippen MR) is 292 cm³/mol. The molecule has 0 saturated carbocycles. The van der Waals surface area contributed by atoms with Gasteiger partial charge in [0.15, 0.2) is 0 Å². The number of nitrogens with zero attached hydrogens (tertiary/aromatic N) is 4. The standard InChI is InChI=1S/C66H64N4O.Pt/c1-44(2)56-26-20-27-57(45(3)4)63(56)46-35-52(68-33-34-69(43-68)53-38-50(64(5,6)7)37-51(39-53)66(10,11)48-23-16-13-17-24-48)41-55(36-46)71-54-29-30-59-58-25-18-19-28-60(58)70(61(59)42-54)62-40-49(31-32-67-62)65(8,9)47-21-14-12-15-22-47;/h12-40,44-45H,1-11H3;/q-2;. The Morgan fingerprint density at radius 3 is 1.83 bits per heavy atom. The van der Waals surface area contributed by atoms with Crippen molar-refractivity contribution >= 4 is 21.8 Å². The number of para-hydroxylation sites is 1. The second-order valence-corrected chi connectivity index (χ2v) is 21.8. The summed E-state index contributed by atoms with van der Waals surface area (Å²) in [6.07, 6.45) is 9.79. The quantitative estimate of drug-likeness (QED) is 0.0903. The Balaban J connectivity index is 0.00000640. The van der Waals surface area contributed by atoms with Crippen molar-refractivity contribution in [1.29, 1.82) is 0 Å². The fraction of sp³-hybridized carbons (Fsp3) is 0.242. The second kappa shape index (κ2) is 19.7. The fourth-order valence-electron chi connectivity index (χ4n) is 10.1. The van der Waals surface area contributed by atoms with Gasteiger partial charge in [-0.1, -0.05) is 185 Å². The van der Waals surface area contributed by atoms with Crippen LogP contribution in [-0.2, 0) is 37.3 Å². The van der Waals surface area contributed by atoms with Crippen molar-refractivity contribution in [1.82, 2.24) is 14.1 Å². The average Bonchev–Trinajstić information content (AvgIpc) is 4.00. The summed E-state index contributed by atoms with van der Waals surface area (Å²) >= 11 is 0. The van der Waals surface area contributed by atoms with Crippen LogP contribution in [-0.4, -0.2) is 14.1 Å². The summed E-state index contributed by atoms with van der Waals surface area (Å²) in [5.41, 5.74) is 14.4. The molecule has 3 aromatic heterocycles. The Hall–Kier alpha value is -6.81.